The van der Waals surface area contributed by atoms with Crippen LogP contribution in [0.2, 0.25) is 0 Å². The van der Waals surface area contributed by atoms with Crippen LogP contribution in [0.15, 0.2) is 28.8 Å². The van der Waals surface area contributed by atoms with Crippen molar-refractivity contribution in [3.05, 3.63) is 30.2 Å². The van der Waals surface area contributed by atoms with Gasteiger partial charge in [0.25, 0.3) is 0 Å². The van der Waals surface area contributed by atoms with Crippen LogP contribution in [-0.4, -0.2) is 4.98 Å². The SMILES string of the molecule is CC(C)CC(N)c1cc2ncccc2o1. The molecule has 3 nitrogen and oxygen atoms in total. The lowest BCUT2D eigenvalue weighted by Crippen LogP contribution is -2.11. The monoisotopic (exact) mass is 204 g/mol. The second kappa shape index (κ2) is 4.03. The number of aromatic nitrogens is 1. The van der Waals surface area contributed by atoms with Crippen LogP contribution < -0.4 is 5.73 Å². The molecular formula is C12H16N2O. The molecule has 0 fully saturated rings. The summed E-state index contributed by atoms with van der Waals surface area (Å²) in [5.41, 5.74) is 7.73. The van der Waals surface area contributed by atoms with Crippen LogP contribution in [0.3, 0.4) is 0 Å². The third-order valence-electron chi connectivity index (χ3n) is 2.40. The van der Waals surface area contributed by atoms with Gasteiger partial charge >= 0.3 is 0 Å². The molecule has 2 heterocycles. The van der Waals surface area contributed by atoms with E-state index in [2.05, 4.69) is 18.8 Å². The van der Waals surface area contributed by atoms with Crippen molar-refractivity contribution in [1.29, 1.82) is 0 Å². The maximum absolute atomic E-state index is 6.04. The van der Waals surface area contributed by atoms with Crippen LogP contribution in [0.1, 0.15) is 32.1 Å². The molecule has 1 atom stereocenters. The maximum Gasteiger partial charge on any atom is 0.152 e. The first-order valence-corrected chi connectivity index (χ1v) is 5.27. The standard InChI is InChI=1S/C12H16N2O/c1-8(2)6-9(13)12-7-10-11(15-12)4-3-5-14-10/h3-5,7-9H,6,13H2,1-2H3. The number of nitrogens with two attached hydrogens (primary N) is 1. The minimum atomic E-state index is -0.0285. The smallest absolute Gasteiger partial charge is 0.152 e. The molecule has 0 saturated carbocycles. The molecule has 2 N–H and O–H groups in total. The van der Waals surface area contributed by atoms with E-state index < -0.39 is 0 Å². The Hall–Kier alpha value is -1.35. The fourth-order valence-corrected chi connectivity index (χ4v) is 1.70. The second-order valence-electron chi connectivity index (χ2n) is 4.27. The quantitative estimate of drug-likeness (QED) is 0.836. The summed E-state index contributed by atoms with van der Waals surface area (Å²) >= 11 is 0. The minimum absolute atomic E-state index is 0.0285. The first-order valence-electron chi connectivity index (χ1n) is 5.27. The minimum Gasteiger partial charge on any atom is -0.458 e. The zero-order chi connectivity index (χ0) is 10.8. The summed E-state index contributed by atoms with van der Waals surface area (Å²) in [7, 11) is 0. The van der Waals surface area contributed by atoms with E-state index in [1.165, 1.54) is 0 Å². The Balaban J connectivity index is 2.28. The molecule has 1 unspecified atom stereocenters. The van der Waals surface area contributed by atoms with Crippen LogP contribution in [0.4, 0.5) is 0 Å². The van der Waals surface area contributed by atoms with Gasteiger partial charge < -0.3 is 10.2 Å². The summed E-state index contributed by atoms with van der Waals surface area (Å²) in [6, 6.07) is 5.68. The van der Waals surface area contributed by atoms with Crippen molar-refractivity contribution < 1.29 is 4.42 Å². The van der Waals surface area contributed by atoms with E-state index in [0.29, 0.717) is 5.92 Å². The van der Waals surface area contributed by atoms with E-state index in [-0.39, 0.29) is 6.04 Å². The molecule has 15 heavy (non-hydrogen) atoms. The van der Waals surface area contributed by atoms with Gasteiger partial charge in [-0.25, -0.2) is 0 Å². The van der Waals surface area contributed by atoms with Crippen LogP contribution in [-0.2, 0) is 0 Å². The van der Waals surface area contributed by atoms with Crippen LogP contribution in [0.5, 0.6) is 0 Å². The summed E-state index contributed by atoms with van der Waals surface area (Å²) in [6.45, 7) is 4.31. The largest absolute Gasteiger partial charge is 0.458 e. The molecular weight excluding hydrogens is 188 g/mol. The first-order chi connectivity index (χ1) is 7.16. The lowest BCUT2D eigenvalue weighted by Gasteiger charge is -2.10. The molecule has 0 aromatic carbocycles. The van der Waals surface area contributed by atoms with Crippen molar-refractivity contribution in [2.45, 2.75) is 26.3 Å². The van der Waals surface area contributed by atoms with Crippen molar-refractivity contribution in [1.82, 2.24) is 4.98 Å². The highest BCUT2D eigenvalue weighted by atomic mass is 16.3. The van der Waals surface area contributed by atoms with Gasteiger partial charge in [-0.05, 0) is 24.5 Å². The normalized spacial score (nSPS) is 13.6. The molecule has 2 aromatic heterocycles. The Bertz CT molecular complexity index is 415. The van der Waals surface area contributed by atoms with Gasteiger partial charge in [-0.15, -0.1) is 0 Å². The third kappa shape index (κ3) is 2.18. The van der Waals surface area contributed by atoms with Crippen molar-refractivity contribution in [3.8, 4) is 0 Å². The van der Waals surface area contributed by atoms with E-state index >= 15 is 0 Å². The number of rotatable bonds is 3. The molecule has 0 radical (unpaired) electrons. The Morgan fingerprint density at radius 2 is 2.27 bits per heavy atom. The zero-order valence-electron chi connectivity index (χ0n) is 9.10. The van der Waals surface area contributed by atoms with E-state index in [0.717, 1.165) is 23.3 Å². The summed E-state index contributed by atoms with van der Waals surface area (Å²) in [4.78, 5) is 4.21. The Morgan fingerprint density at radius 3 is 2.93 bits per heavy atom. The zero-order valence-corrected chi connectivity index (χ0v) is 9.10. The van der Waals surface area contributed by atoms with Crippen LogP contribution >= 0.6 is 0 Å². The molecule has 0 aliphatic rings. The molecule has 2 rings (SSSR count). The molecule has 3 heteroatoms. The highest BCUT2D eigenvalue weighted by molar-refractivity contribution is 5.72. The third-order valence-corrected chi connectivity index (χ3v) is 2.40. The number of hydrogen-bond donors (Lipinski definition) is 1. The summed E-state index contributed by atoms with van der Waals surface area (Å²) in [5.74, 6) is 1.40. The number of nitrogens with zero attached hydrogens (tertiary/aromatic N) is 1. The van der Waals surface area contributed by atoms with E-state index in [1.807, 2.05) is 18.2 Å². The van der Waals surface area contributed by atoms with Gasteiger partial charge in [0.2, 0.25) is 0 Å². The fourth-order valence-electron chi connectivity index (χ4n) is 1.70. The molecule has 80 valence electrons. The average Bonchev–Trinajstić information content (AvgIpc) is 2.59. The summed E-state index contributed by atoms with van der Waals surface area (Å²) in [6.07, 6.45) is 2.69. The van der Waals surface area contributed by atoms with Gasteiger partial charge in [0.15, 0.2) is 5.58 Å². The molecule has 0 aliphatic carbocycles. The molecule has 0 aliphatic heterocycles. The highest BCUT2D eigenvalue weighted by Crippen LogP contribution is 2.24. The van der Waals surface area contributed by atoms with Gasteiger partial charge in [0, 0.05) is 12.3 Å². The lowest BCUT2D eigenvalue weighted by atomic mass is 10.0. The lowest BCUT2D eigenvalue weighted by molar-refractivity contribution is 0.431. The van der Waals surface area contributed by atoms with Crippen molar-refractivity contribution in [2.75, 3.05) is 0 Å². The van der Waals surface area contributed by atoms with Crippen molar-refractivity contribution in [3.63, 3.8) is 0 Å². The predicted molar refractivity (Wildman–Crippen MR) is 60.4 cm³/mol. The van der Waals surface area contributed by atoms with Gasteiger partial charge in [0.05, 0.1) is 6.04 Å². The number of hydrogen-bond acceptors (Lipinski definition) is 3. The van der Waals surface area contributed by atoms with Crippen molar-refractivity contribution >= 4 is 11.1 Å². The van der Waals surface area contributed by atoms with E-state index in [9.17, 15) is 0 Å². The van der Waals surface area contributed by atoms with E-state index in [4.69, 9.17) is 10.2 Å². The van der Waals surface area contributed by atoms with Crippen LogP contribution in [0, 0.1) is 5.92 Å². The average molecular weight is 204 g/mol. The van der Waals surface area contributed by atoms with Crippen molar-refractivity contribution in [2.24, 2.45) is 11.7 Å². The Kier molecular flexibility index (Phi) is 2.73. The van der Waals surface area contributed by atoms with E-state index in [1.54, 1.807) is 6.20 Å². The molecule has 2 aromatic rings. The second-order valence-corrected chi connectivity index (χ2v) is 4.27. The Morgan fingerprint density at radius 1 is 1.47 bits per heavy atom. The summed E-state index contributed by atoms with van der Waals surface area (Å²) < 4.78 is 5.64. The molecule has 0 amide bonds. The van der Waals surface area contributed by atoms with Crippen LogP contribution in [0.25, 0.3) is 11.1 Å². The first kappa shape index (κ1) is 10.2. The van der Waals surface area contributed by atoms with Gasteiger partial charge in [-0.3, -0.25) is 4.98 Å². The molecule has 0 saturated heterocycles. The molecule has 0 bridgehead atoms. The highest BCUT2D eigenvalue weighted by Gasteiger charge is 2.13. The Labute approximate surface area is 89.3 Å². The molecule has 0 spiro atoms. The number of fused-ring (bicyclic) bond motifs is 1. The fraction of sp³-hybridized carbons (Fsp3) is 0.417. The van der Waals surface area contributed by atoms with Gasteiger partial charge in [-0.2, -0.15) is 0 Å². The van der Waals surface area contributed by atoms with Gasteiger partial charge in [0.1, 0.15) is 11.3 Å². The topological polar surface area (TPSA) is 52.0 Å². The maximum atomic E-state index is 6.04. The number of pyridine rings is 1. The number of furan rings is 1. The van der Waals surface area contributed by atoms with Gasteiger partial charge in [-0.1, -0.05) is 13.8 Å². The predicted octanol–water partition coefficient (Wildman–Crippen LogP) is 2.87. The summed E-state index contributed by atoms with van der Waals surface area (Å²) in [5, 5.41) is 0.